The van der Waals surface area contributed by atoms with Gasteiger partial charge in [-0.25, -0.2) is 4.39 Å². The molecule has 0 bridgehead atoms. The molecular formula is C15H23ClFN. The maximum absolute atomic E-state index is 13.3. The Hall–Kier alpha value is -0.600. The summed E-state index contributed by atoms with van der Waals surface area (Å²) < 4.78 is 13.3. The molecule has 0 spiro atoms. The molecule has 1 nitrogen and oxygen atoms in total. The molecule has 2 unspecified atom stereocenters. The fourth-order valence-electron chi connectivity index (χ4n) is 2.31. The van der Waals surface area contributed by atoms with Crippen LogP contribution in [0.4, 0.5) is 4.39 Å². The van der Waals surface area contributed by atoms with Gasteiger partial charge in [-0.1, -0.05) is 56.8 Å². The van der Waals surface area contributed by atoms with Crippen LogP contribution in [0.2, 0.25) is 5.02 Å². The average molecular weight is 272 g/mol. The predicted octanol–water partition coefficient (Wildman–Crippen LogP) is 4.57. The number of halogens is 2. The van der Waals surface area contributed by atoms with E-state index in [-0.39, 0.29) is 16.9 Å². The molecule has 102 valence electrons. The second-order valence-electron chi connectivity index (χ2n) is 4.89. The normalized spacial score (nSPS) is 14.5. The molecule has 0 radical (unpaired) electrons. The molecule has 0 fully saturated rings. The van der Waals surface area contributed by atoms with Gasteiger partial charge in [-0.2, -0.15) is 0 Å². The Balaban J connectivity index is 2.67. The van der Waals surface area contributed by atoms with Gasteiger partial charge in [0.25, 0.3) is 0 Å². The van der Waals surface area contributed by atoms with Gasteiger partial charge in [0.05, 0.1) is 5.02 Å². The largest absolute Gasteiger partial charge is 0.327 e. The van der Waals surface area contributed by atoms with Crippen LogP contribution in [0, 0.1) is 11.7 Å². The molecule has 0 amide bonds. The van der Waals surface area contributed by atoms with E-state index in [9.17, 15) is 4.39 Å². The van der Waals surface area contributed by atoms with Crippen LogP contribution in [0.3, 0.4) is 0 Å². The van der Waals surface area contributed by atoms with Crippen LogP contribution in [0.5, 0.6) is 0 Å². The fraction of sp³-hybridized carbons (Fsp3) is 0.600. The van der Waals surface area contributed by atoms with Crippen LogP contribution in [0.1, 0.15) is 45.1 Å². The molecule has 0 aliphatic rings. The number of nitrogens with two attached hydrogens (primary N) is 1. The van der Waals surface area contributed by atoms with Gasteiger partial charge in [0.1, 0.15) is 5.82 Å². The first kappa shape index (κ1) is 15.5. The Labute approximate surface area is 115 Å². The van der Waals surface area contributed by atoms with Crippen molar-refractivity contribution >= 4 is 11.6 Å². The van der Waals surface area contributed by atoms with E-state index in [1.54, 1.807) is 6.07 Å². The van der Waals surface area contributed by atoms with Gasteiger partial charge in [0.2, 0.25) is 0 Å². The van der Waals surface area contributed by atoms with Gasteiger partial charge in [0, 0.05) is 6.04 Å². The van der Waals surface area contributed by atoms with E-state index in [4.69, 9.17) is 17.3 Å². The van der Waals surface area contributed by atoms with Crippen molar-refractivity contribution < 1.29 is 4.39 Å². The number of hydrogen-bond acceptors (Lipinski definition) is 1. The zero-order chi connectivity index (χ0) is 13.5. The smallest absolute Gasteiger partial charge is 0.142 e. The van der Waals surface area contributed by atoms with Crippen LogP contribution in [0.15, 0.2) is 18.2 Å². The van der Waals surface area contributed by atoms with Gasteiger partial charge >= 0.3 is 0 Å². The molecule has 0 aromatic heterocycles. The molecule has 18 heavy (non-hydrogen) atoms. The maximum atomic E-state index is 13.3. The summed E-state index contributed by atoms with van der Waals surface area (Å²) in [6, 6.07) is 4.99. The summed E-state index contributed by atoms with van der Waals surface area (Å²) in [5.74, 6) is 0.132. The molecule has 2 atom stereocenters. The lowest BCUT2D eigenvalue weighted by atomic mass is 9.88. The summed E-state index contributed by atoms with van der Waals surface area (Å²) in [6.07, 6.45) is 5.24. The summed E-state index contributed by atoms with van der Waals surface area (Å²) in [4.78, 5) is 0. The van der Waals surface area contributed by atoms with E-state index in [1.165, 1.54) is 18.9 Å². The van der Waals surface area contributed by atoms with Crippen LogP contribution >= 0.6 is 11.6 Å². The monoisotopic (exact) mass is 271 g/mol. The van der Waals surface area contributed by atoms with Crippen molar-refractivity contribution in [2.45, 2.75) is 52.0 Å². The van der Waals surface area contributed by atoms with Crippen LogP contribution < -0.4 is 5.73 Å². The molecule has 0 saturated carbocycles. The number of hydrogen-bond donors (Lipinski definition) is 1. The Kier molecular flexibility index (Phi) is 6.66. The zero-order valence-electron chi connectivity index (χ0n) is 11.3. The van der Waals surface area contributed by atoms with Gasteiger partial charge < -0.3 is 5.73 Å². The first-order chi connectivity index (χ1) is 8.60. The van der Waals surface area contributed by atoms with Gasteiger partial charge in [-0.3, -0.25) is 0 Å². The van der Waals surface area contributed by atoms with Crippen molar-refractivity contribution in [2.75, 3.05) is 0 Å². The second kappa shape index (κ2) is 7.75. The lowest BCUT2D eigenvalue weighted by Crippen LogP contribution is -2.32. The maximum Gasteiger partial charge on any atom is 0.142 e. The van der Waals surface area contributed by atoms with Crippen LogP contribution in [0.25, 0.3) is 0 Å². The first-order valence-corrected chi connectivity index (χ1v) is 7.16. The number of benzene rings is 1. The quantitative estimate of drug-likeness (QED) is 0.773. The third-order valence-corrected chi connectivity index (χ3v) is 3.97. The van der Waals surface area contributed by atoms with Crippen molar-refractivity contribution in [1.82, 2.24) is 0 Å². The molecule has 0 aliphatic carbocycles. The summed E-state index contributed by atoms with van der Waals surface area (Å²) >= 11 is 5.96. The molecule has 0 saturated heterocycles. The zero-order valence-corrected chi connectivity index (χ0v) is 12.0. The van der Waals surface area contributed by atoms with E-state index in [0.717, 1.165) is 18.4 Å². The highest BCUT2D eigenvalue weighted by Gasteiger charge is 2.17. The molecule has 2 N–H and O–H groups in total. The van der Waals surface area contributed by atoms with Crippen LogP contribution in [-0.4, -0.2) is 6.04 Å². The van der Waals surface area contributed by atoms with Gasteiger partial charge in [-0.05, 0) is 30.4 Å². The van der Waals surface area contributed by atoms with E-state index >= 15 is 0 Å². The highest BCUT2D eigenvalue weighted by atomic mass is 35.5. The van der Waals surface area contributed by atoms with E-state index in [0.29, 0.717) is 12.3 Å². The highest BCUT2D eigenvalue weighted by molar-refractivity contribution is 6.31. The molecule has 0 heterocycles. The summed E-state index contributed by atoms with van der Waals surface area (Å²) in [6.45, 7) is 4.34. The topological polar surface area (TPSA) is 26.0 Å². The van der Waals surface area contributed by atoms with Crippen molar-refractivity contribution in [3.8, 4) is 0 Å². The standard InChI is InChI=1S/C15H23ClFN/c1-3-5-7-11(4-2)14(18)10-12-8-6-9-13(17)15(12)16/h6,8-9,11,14H,3-5,7,10,18H2,1-2H3. The summed E-state index contributed by atoms with van der Waals surface area (Å²) in [5, 5.41) is 0.221. The predicted molar refractivity (Wildman–Crippen MR) is 76.4 cm³/mol. The molecular weight excluding hydrogens is 249 g/mol. The van der Waals surface area contributed by atoms with Crippen LogP contribution in [-0.2, 0) is 6.42 Å². The SMILES string of the molecule is CCCCC(CC)C(N)Cc1cccc(F)c1Cl. The lowest BCUT2D eigenvalue weighted by molar-refractivity contribution is 0.368. The number of unbranched alkanes of at least 4 members (excludes halogenated alkanes) is 1. The molecule has 1 aromatic rings. The summed E-state index contributed by atoms with van der Waals surface area (Å²) in [7, 11) is 0. The minimum atomic E-state index is -0.358. The second-order valence-corrected chi connectivity index (χ2v) is 5.27. The minimum Gasteiger partial charge on any atom is -0.327 e. The van der Waals surface area contributed by atoms with Crippen molar-refractivity contribution in [3.05, 3.63) is 34.6 Å². The summed E-state index contributed by atoms with van der Waals surface area (Å²) in [5.41, 5.74) is 7.06. The van der Waals surface area contributed by atoms with Gasteiger partial charge in [-0.15, -0.1) is 0 Å². The average Bonchev–Trinajstić information content (AvgIpc) is 2.36. The third-order valence-electron chi connectivity index (χ3n) is 3.55. The van der Waals surface area contributed by atoms with E-state index in [1.807, 2.05) is 6.07 Å². The fourth-order valence-corrected chi connectivity index (χ4v) is 2.52. The molecule has 1 rings (SSSR count). The Morgan fingerprint density at radius 2 is 2.06 bits per heavy atom. The van der Waals surface area contributed by atoms with E-state index < -0.39 is 0 Å². The van der Waals surface area contributed by atoms with Crippen molar-refractivity contribution in [1.29, 1.82) is 0 Å². The molecule has 0 aliphatic heterocycles. The van der Waals surface area contributed by atoms with Gasteiger partial charge in [0.15, 0.2) is 0 Å². The van der Waals surface area contributed by atoms with E-state index in [2.05, 4.69) is 13.8 Å². The van der Waals surface area contributed by atoms with Crippen molar-refractivity contribution in [2.24, 2.45) is 11.7 Å². The Bertz CT molecular complexity index is 368. The highest BCUT2D eigenvalue weighted by Crippen LogP contribution is 2.24. The lowest BCUT2D eigenvalue weighted by Gasteiger charge is -2.23. The Morgan fingerprint density at radius 3 is 2.67 bits per heavy atom. The third kappa shape index (κ3) is 4.25. The number of rotatable bonds is 7. The Morgan fingerprint density at radius 1 is 1.33 bits per heavy atom. The van der Waals surface area contributed by atoms with Crippen molar-refractivity contribution in [3.63, 3.8) is 0 Å². The molecule has 1 aromatic carbocycles. The minimum absolute atomic E-state index is 0.0563. The first-order valence-electron chi connectivity index (χ1n) is 6.78. The molecule has 3 heteroatoms.